The van der Waals surface area contributed by atoms with Crippen molar-refractivity contribution in [3.05, 3.63) is 117 Å². The summed E-state index contributed by atoms with van der Waals surface area (Å²) in [5.74, 6) is -1.99. The molecule has 1 heterocycles. The van der Waals surface area contributed by atoms with Gasteiger partial charge in [0, 0.05) is 22.5 Å². The van der Waals surface area contributed by atoms with E-state index in [0.717, 1.165) is 28.7 Å². The molecule has 0 bridgehead atoms. The number of carbonyl (C=O) groups is 2. The van der Waals surface area contributed by atoms with Gasteiger partial charge in [-0.3, -0.25) is 14.5 Å². The van der Waals surface area contributed by atoms with E-state index in [1.807, 2.05) is 78.9 Å². The second-order valence-electron chi connectivity index (χ2n) is 9.67. The summed E-state index contributed by atoms with van der Waals surface area (Å²) in [4.78, 5) is 26.7. The summed E-state index contributed by atoms with van der Waals surface area (Å²) in [7, 11) is 2.07. The van der Waals surface area contributed by atoms with E-state index in [-0.39, 0.29) is 37.5 Å². The number of carbonyl (C=O) groups excluding carboxylic acids is 1. The number of aliphatic carboxylic acids is 1. The molecule has 7 heteroatoms. The molecule has 0 aromatic heterocycles. The summed E-state index contributed by atoms with van der Waals surface area (Å²) in [6, 6.07) is 25.0. The molecule has 4 rings (SSSR count). The number of benzene rings is 3. The number of halogens is 2. The van der Waals surface area contributed by atoms with Gasteiger partial charge in [0.05, 0.1) is 18.6 Å². The topological polar surface area (TPSA) is 66.8 Å². The smallest absolute Gasteiger partial charge is 0.307 e. The molecule has 0 saturated heterocycles. The number of ketones is 1. The maximum absolute atomic E-state index is 12.7. The van der Waals surface area contributed by atoms with E-state index < -0.39 is 11.9 Å². The van der Waals surface area contributed by atoms with Crippen molar-refractivity contribution in [3.63, 3.8) is 0 Å². The number of nitrogens with zero attached hydrogens (tertiary/aromatic N) is 1. The third kappa shape index (κ3) is 7.33. The summed E-state index contributed by atoms with van der Waals surface area (Å²) in [6.07, 6.45) is 3.19. The monoisotopic (exact) mass is 551 g/mol. The first kappa shape index (κ1) is 28.1. The lowest BCUT2D eigenvalue weighted by Gasteiger charge is -2.40. The molecule has 0 saturated carbocycles. The van der Waals surface area contributed by atoms with Crippen molar-refractivity contribution in [2.75, 3.05) is 20.3 Å². The fourth-order valence-corrected chi connectivity index (χ4v) is 5.39. The van der Waals surface area contributed by atoms with Gasteiger partial charge >= 0.3 is 5.97 Å². The van der Waals surface area contributed by atoms with E-state index >= 15 is 0 Å². The Morgan fingerprint density at radius 2 is 1.71 bits per heavy atom. The number of hydrogen-bond acceptors (Lipinski definition) is 4. The van der Waals surface area contributed by atoms with E-state index in [9.17, 15) is 14.7 Å². The molecule has 0 spiro atoms. The summed E-state index contributed by atoms with van der Waals surface area (Å²) in [5.41, 5.74) is 4.12. The normalized spacial score (nSPS) is 18.6. The number of hydrogen-bond donors (Lipinski definition) is 1. The SMILES string of the molecule is CN1C(c2ccc(Cl)cc2)CC=C(COCC(=O)C[C@@H](Cc2ccccc2)C(=O)O)C1c1cccc(Cl)c1. The van der Waals surface area contributed by atoms with Crippen molar-refractivity contribution < 1.29 is 19.4 Å². The zero-order chi connectivity index (χ0) is 27.1. The molecule has 3 aromatic carbocycles. The van der Waals surface area contributed by atoms with Crippen molar-refractivity contribution in [1.82, 2.24) is 4.90 Å². The average molecular weight is 552 g/mol. The minimum Gasteiger partial charge on any atom is -0.481 e. The van der Waals surface area contributed by atoms with Gasteiger partial charge in [-0.05, 0) is 66.4 Å². The Labute approximate surface area is 233 Å². The van der Waals surface area contributed by atoms with E-state index in [0.29, 0.717) is 16.5 Å². The largest absolute Gasteiger partial charge is 0.481 e. The molecule has 0 fully saturated rings. The van der Waals surface area contributed by atoms with Crippen LogP contribution < -0.4 is 0 Å². The van der Waals surface area contributed by atoms with Crippen LogP contribution in [-0.4, -0.2) is 42.0 Å². The van der Waals surface area contributed by atoms with Crippen LogP contribution in [-0.2, 0) is 20.7 Å². The maximum Gasteiger partial charge on any atom is 0.307 e. The second-order valence-corrected chi connectivity index (χ2v) is 10.5. The molecule has 5 nitrogen and oxygen atoms in total. The predicted molar refractivity (Wildman–Crippen MR) is 151 cm³/mol. The van der Waals surface area contributed by atoms with Crippen molar-refractivity contribution in [3.8, 4) is 0 Å². The lowest BCUT2D eigenvalue weighted by Crippen LogP contribution is -2.35. The van der Waals surface area contributed by atoms with Gasteiger partial charge in [0.15, 0.2) is 5.78 Å². The molecular formula is C31H31Cl2NO4. The van der Waals surface area contributed by atoms with Crippen LogP contribution in [0.1, 0.15) is 41.6 Å². The van der Waals surface area contributed by atoms with E-state index in [1.54, 1.807) is 0 Å². The lowest BCUT2D eigenvalue weighted by molar-refractivity contribution is -0.144. The Morgan fingerprint density at radius 3 is 2.39 bits per heavy atom. The quantitative estimate of drug-likeness (QED) is 0.261. The third-order valence-electron chi connectivity index (χ3n) is 6.95. The Kier molecular flexibility index (Phi) is 9.75. The van der Waals surface area contributed by atoms with Crippen molar-refractivity contribution in [2.24, 2.45) is 5.92 Å². The van der Waals surface area contributed by atoms with Crippen LogP contribution in [0.15, 0.2) is 90.5 Å². The minimum atomic E-state index is -0.979. The molecule has 2 unspecified atom stereocenters. The standard InChI is InChI=1S/C31H31Cl2NO4/c1-34-29(22-10-13-26(32)14-11-22)15-12-24(30(34)23-8-5-9-27(33)17-23)19-38-20-28(35)18-25(31(36)37)16-21-6-3-2-4-7-21/h2-14,17,25,29-30H,15-16,18-20H2,1H3,(H,36,37)/t25-,29?,30?/m1/s1. The van der Waals surface area contributed by atoms with E-state index in [2.05, 4.69) is 18.0 Å². The number of carboxylic acids is 1. The van der Waals surface area contributed by atoms with Crippen LogP contribution >= 0.6 is 23.2 Å². The van der Waals surface area contributed by atoms with Crippen LogP contribution in [0, 0.1) is 5.92 Å². The van der Waals surface area contributed by atoms with Crippen LogP contribution in [0.4, 0.5) is 0 Å². The van der Waals surface area contributed by atoms with Gasteiger partial charge in [-0.1, -0.05) is 83.9 Å². The summed E-state index contributed by atoms with van der Waals surface area (Å²) >= 11 is 12.4. The number of ether oxygens (including phenoxy) is 1. The zero-order valence-electron chi connectivity index (χ0n) is 21.2. The number of rotatable bonds is 11. The fourth-order valence-electron chi connectivity index (χ4n) is 5.06. The molecule has 0 radical (unpaired) electrons. The van der Waals surface area contributed by atoms with Crippen LogP contribution in [0.5, 0.6) is 0 Å². The summed E-state index contributed by atoms with van der Waals surface area (Å²) in [6.45, 7) is 0.125. The highest BCUT2D eigenvalue weighted by atomic mass is 35.5. The zero-order valence-corrected chi connectivity index (χ0v) is 22.7. The highest BCUT2D eigenvalue weighted by Gasteiger charge is 2.32. The Morgan fingerprint density at radius 1 is 0.974 bits per heavy atom. The highest BCUT2D eigenvalue weighted by Crippen LogP contribution is 2.41. The van der Waals surface area contributed by atoms with E-state index in [4.69, 9.17) is 27.9 Å². The molecule has 0 aliphatic carbocycles. The first-order valence-corrected chi connectivity index (χ1v) is 13.4. The van der Waals surface area contributed by atoms with Crippen molar-refractivity contribution in [1.29, 1.82) is 0 Å². The third-order valence-corrected chi connectivity index (χ3v) is 7.44. The first-order chi connectivity index (χ1) is 18.3. The summed E-state index contributed by atoms with van der Waals surface area (Å²) in [5, 5.41) is 11.0. The van der Waals surface area contributed by atoms with Gasteiger partial charge in [-0.25, -0.2) is 0 Å². The molecule has 38 heavy (non-hydrogen) atoms. The molecule has 198 valence electrons. The predicted octanol–water partition coefficient (Wildman–Crippen LogP) is 6.96. The molecule has 1 N–H and O–H groups in total. The molecule has 3 aromatic rings. The van der Waals surface area contributed by atoms with Gasteiger partial charge in [0.1, 0.15) is 6.61 Å². The molecule has 0 amide bonds. The van der Waals surface area contributed by atoms with Gasteiger partial charge in [0.2, 0.25) is 0 Å². The summed E-state index contributed by atoms with van der Waals surface area (Å²) < 4.78 is 5.86. The maximum atomic E-state index is 12.7. The minimum absolute atomic E-state index is 0.0699. The Bertz CT molecular complexity index is 1280. The van der Waals surface area contributed by atoms with Gasteiger partial charge in [-0.15, -0.1) is 0 Å². The second kappa shape index (κ2) is 13.2. The van der Waals surface area contributed by atoms with Gasteiger partial charge < -0.3 is 9.84 Å². The molecule has 3 atom stereocenters. The van der Waals surface area contributed by atoms with Crippen LogP contribution in [0.2, 0.25) is 10.0 Å². The first-order valence-electron chi connectivity index (χ1n) is 12.6. The number of Topliss-reactive ketones (excluding diaryl/α,β-unsaturated/α-hetero) is 1. The van der Waals surface area contributed by atoms with Gasteiger partial charge in [0.25, 0.3) is 0 Å². The number of carboxylic acid groups (broad SMARTS) is 1. The van der Waals surface area contributed by atoms with Crippen LogP contribution in [0.3, 0.4) is 0 Å². The van der Waals surface area contributed by atoms with E-state index in [1.165, 1.54) is 0 Å². The van der Waals surface area contributed by atoms with Crippen molar-refractivity contribution >= 4 is 35.0 Å². The van der Waals surface area contributed by atoms with Crippen LogP contribution in [0.25, 0.3) is 0 Å². The number of likely N-dealkylation sites (N-methyl/N-ethyl adjacent to an activating group) is 1. The molecule has 1 aliphatic heterocycles. The highest BCUT2D eigenvalue weighted by molar-refractivity contribution is 6.30. The Hall–Kier alpha value is -2.96. The average Bonchev–Trinajstić information content (AvgIpc) is 2.90. The Balaban J connectivity index is 1.44. The van der Waals surface area contributed by atoms with Gasteiger partial charge in [-0.2, -0.15) is 0 Å². The van der Waals surface area contributed by atoms with Crippen molar-refractivity contribution in [2.45, 2.75) is 31.3 Å². The lowest BCUT2D eigenvalue weighted by atomic mass is 9.88. The molecular weight excluding hydrogens is 521 g/mol. The fraction of sp³-hybridized carbons (Fsp3) is 0.290. The molecule has 1 aliphatic rings.